The molecule has 3 rings (SSSR count). The smallest absolute Gasteiger partial charge is 0.0233 e. The Balaban J connectivity index is 1.64. The minimum atomic E-state index is 0.453. The third-order valence-electron chi connectivity index (χ3n) is 5.06. The van der Waals surface area contributed by atoms with Crippen LogP contribution in [0.25, 0.3) is 0 Å². The summed E-state index contributed by atoms with van der Waals surface area (Å²) in [6.07, 6.45) is 2.54. The largest absolute Gasteiger partial charge is 0.312 e. The molecule has 2 aliphatic heterocycles. The van der Waals surface area contributed by atoms with Gasteiger partial charge in [-0.3, -0.25) is 4.90 Å². The van der Waals surface area contributed by atoms with E-state index in [0.29, 0.717) is 5.41 Å². The zero-order valence-corrected chi connectivity index (χ0v) is 13.2. The van der Waals surface area contributed by atoms with Gasteiger partial charge < -0.3 is 5.32 Å². The van der Waals surface area contributed by atoms with Crippen molar-refractivity contribution in [2.45, 2.75) is 46.7 Å². The van der Waals surface area contributed by atoms with E-state index in [-0.39, 0.29) is 0 Å². The maximum Gasteiger partial charge on any atom is 0.0233 e. The minimum absolute atomic E-state index is 0.453. The minimum Gasteiger partial charge on any atom is -0.312 e. The molecule has 20 heavy (non-hydrogen) atoms. The van der Waals surface area contributed by atoms with Gasteiger partial charge in [-0.25, -0.2) is 0 Å². The summed E-state index contributed by atoms with van der Waals surface area (Å²) in [5.41, 5.74) is 5.00. The molecule has 1 fully saturated rings. The maximum atomic E-state index is 3.48. The lowest BCUT2D eigenvalue weighted by molar-refractivity contribution is 0.226. The van der Waals surface area contributed by atoms with Gasteiger partial charge in [-0.15, -0.1) is 0 Å². The van der Waals surface area contributed by atoms with Crippen LogP contribution in [0.3, 0.4) is 0 Å². The summed E-state index contributed by atoms with van der Waals surface area (Å²) in [6.45, 7) is 13.0. The second kappa shape index (κ2) is 5.50. The first-order chi connectivity index (χ1) is 9.52. The molecule has 0 amide bonds. The van der Waals surface area contributed by atoms with Crippen LogP contribution in [0.2, 0.25) is 0 Å². The number of nitrogens with zero attached hydrogens (tertiary/aromatic N) is 1. The van der Waals surface area contributed by atoms with Crippen LogP contribution in [0.15, 0.2) is 18.2 Å². The van der Waals surface area contributed by atoms with Crippen LogP contribution < -0.4 is 5.32 Å². The molecule has 1 aromatic carbocycles. The molecule has 0 spiro atoms. The number of nitrogens with one attached hydrogen (secondary N) is 1. The maximum absolute atomic E-state index is 3.48. The first-order valence-electron chi connectivity index (χ1n) is 8.06. The topological polar surface area (TPSA) is 15.3 Å². The zero-order valence-electron chi connectivity index (χ0n) is 13.2. The Morgan fingerprint density at radius 2 is 2.10 bits per heavy atom. The Bertz CT molecular complexity index is 473. The third kappa shape index (κ3) is 3.07. The van der Waals surface area contributed by atoms with Crippen molar-refractivity contribution in [2.75, 3.05) is 19.6 Å². The fraction of sp³-hybridized carbons (Fsp3) is 0.667. The number of benzene rings is 1. The van der Waals surface area contributed by atoms with Gasteiger partial charge in [0.1, 0.15) is 0 Å². The van der Waals surface area contributed by atoms with Crippen LogP contribution in [-0.2, 0) is 19.5 Å². The third-order valence-corrected chi connectivity index (χ3v) is 5.06. The predicted molar refractivity (Wildman–Crippen MR) is 84.7 cm³/mol. The van der Waals surface area contributed by atoms with E-state index in [2.05, 4.69) is 49.2 Å². The second-order valence-electron chi connectivity index (χ2n) is 7.62. The van der Waals surface area contributed by atoms with Crippen LogP contribution in [0.4, 0.5) is 0 Å². The molecule has 1 unspecified atom stereocenters. The van der Waals surface area contributed by atoms with E-state index < -0.39 is 0 Å². The van der Waals surface area contributed by atoms with E-state index in [9.17, 15) is 0 Å². The van der Waals surface area contributed by atoms with Gasteiger partial charge in [-0.05, 0) is 54.0 Å². The van der Waals surface area contributed by atoms with Gasteiger partial charge in [0.2, 0.25) is 0 Å². The molecular formula is C18H28N2. The predicted octanol–water partition coefficient (Wildman–Crippen LogP) is 3.20. The number of hydrogen-bond acceptors (Lipinski definition) is 2. The van der Waals surface area contributed by atoms with Crippen molar-refractivity contribution in [3.8, 4) is 0 Å². The Hall–Kier alpha value is -0.860. The van der Waals surface area contributed by atoms with Gasteiger partial charge >= 0.3 is 0 Å². The van der Waals surface area contributed by atoms with Crippen molar-refractivity contribution in [1.82, 2.24) is 10.2 Å². The van der Waals surface area contributed by atoms with E-state index in [1.54, 1.807) is 5.56 Å². The molecule has 0 bridgehead atoms. The van der Waals surface area contributed by atoms with Gasteiger partial charge in [0.05, 0.1) is 0 Å². The van der Waals surface area contributed by atoms with Crippen LogP contribution in [-0.4, -0.2) is 24.5 Å². The van der Waals surface area contributed by atoms with E-state index in [1.165, 1.54) is 37.1 Å². The fourth-order valence-corrected chi connectivity index (χ4v) is 3.57. The summed E-state index contributed by atoms with van der Waals surface area (Å²) in [4.78, 5) is 2.63. The summed E-state index contributed by atoms with van der Waals surface area (Å²) in [6, 6.07) is 7.11. The molecule has 0 saturated carbocycles. The van der Waals surface area contributed by atoms with Crippen LogP contribution >= 0.6 is 0 Å². The van der Waals surface area contributed by atoms with Gasteiger partial charge in [0, 0.05) is 19.6 Å². The molecule has 0 radical (unpaired) electrons. The fourth-order valence-electron chi connectivity index (χ4n) is 3.57. The SMILES string of the molecule is CC(C)(C)C1CCN(Cc2ccc3c(c2)CNCC3)C1. The molecule has 0 aliphatic carbocycles. The van der Waals surface area contributed by atoms with Crippen molar-refractivity contribution >= 4 is 0 Å². The second-order valence-corrected chi connectivity index (χ2v) is 7.62. The molecular weight excluding hydrogens is 244 g/mol. The Kier molecular flexibility index (Phi) is 3.87. The van der Waals surface area contributed by atoms with Gasteiger partial charge in [-0.2, -0.15) is 0 Å². The molecule has 110 valence electrons. The van der Waals surface area contributed by atoms with Crippen LogP contribution in [0.5, 0.6) is 0 Å². The monoisotopic (exact) mass is 272 g/mol. The van der Waals surface area contributed by atoms with E-state index >= 15 is 0 Å². The van der Waals surface area contributed by atoms with Crippen molar-refractivity contribution < 1.29 is 0 Å². The molecule has 1 N–H and O–H groups in total. The molecule has 2 aliphatic rings. The standard InChI is InChI=1S/C18H28N2/c1-18(2,3)17-7-9-20(13-17)12-14-4-5-15-6-8-19-11-16(15)10-14/h4-5,10,17,19H,6-9,11-13H2,1-3H3. The molecule has 1 atom stereocenters. The lowest BCUT2D eigenvalue weighted by Crippen LogP contribution is -2.26. The Morgan fingerprint density at radius 3 is 2.85 bits per heavy atom. The Labute approximate surface area is 123 Å². The van der Waals surface area contributed by atoms with E-state index in [1.807, 2.05) is 0 Å². The van der Waals surface area contributed by atoms with Gasteiger partial charge in [0.15, 0.2) is 0 Å². The molecule has 1 aromatic rings. The summed E-state index contributed by atoms with van der Waals surface area (Å²) in [5.74, 6) is 0.849. The lowest BCUT2D eigenvalue weighted by Gasteiger charge is -2.27. The summed E-state index contributed by atoms with van der Waals surface area (Å²) >= 11 is 0. The molecule has 1 saturated heterocycles. The molecule has 2 heterocycles. The number of fused-ring (bicyclic) bond motifs is 1. The van der Waals surface area contributed by atoms with Crippen LogP contribution in [0.1, 0.15) is 43.9 Å². The van der Waals surface area contributed by atoms with Gasteiger partial charge in [0.25, 0.3) is 0 Å². The highest BCUT2D eigenvalue weighted by atomic mass is 15.1. The Morgan fingerprint density at radius 1 is 1.25 bits per heavy atom. The average Bonchev–Trinajstić information content (AvgIpc) is 2.87. The highest BCUT2D eigenvalue weighted by Gasteiger charge is 2.31. The van der Waals surface area contributed by atoms with E-state index in [0.717, 1.165) is 25.6 Å². The lowest BCUT2D eigenvalue weighted by atomic mass is 9.80. The highest BCUT2D eigenvalue weighted by molar-refractivity contribution is 5.33. The molecule has 2 heteroatoms. The molecule has 2 nitrogen and oxygen atoms in total. The van der Waals surface area contributed by atoms with E-state index in [4.69, 9.17) is 0 Å². The normalized spacial score (nSPS) is 23.9. The highest BCUT2D eigenvalue weighted by Crippen LogP contribution is 2.34. The number of hydrogen-bond donors (Lipinski definition) is 1. The quantitative estimate of drug-likeness (QED) is 0.889. The van der Waals surface area contributed by atoms with Crippen LogP contribution in [0, 0.1) is 11.3 Å². The van der Waals surface area contributed by atoms with Crippen molar-refractivity contribution in [3.05, 3.63) is 34.9 Å². The average molecular weight is 272 g/mol. The summed E-state index contributed by atoms with van der Waals surface area (Å²) in [7, 11) is 0. The number of rotatable bonds is 2. The van der Waals surface area contributed by atoms with Crippen molar-refractivity contribution in [1.29, 1.82) is 0 Å². The molecule has 0 aromatic heterocycles. The zero-order chi connectivity index (χ0) is 14.2. The summed E-state index contributed by atoms with van der Waals surface area (Å²) < 4.78 is 0. The van der Waals surface area contributed by atoms with Crippen molar-refractivity contribution in [2.24, 2.45) is 11.3 Å². The number of likely N-dealkylation sites (tertiary alicyclic amines) is 1. The first-order valence-corrected chi connectivity index (χ1v) is 8.06. The van der Waals surface area contributed by atoms with Gasteiger partial charge in [-0.1, -0.05) is 39.0 Å². The first kappa shape index (κ1) is 14.1. The summed E-state index contributed by atoms with van der Waals surface area (Å²) in [5, 5.41) is 3.48. The van der Waals surface area contributed by atoms with Crippen molar-refractivity contribution in [3.63, 3.8) is 0 Å².